The van der Waals surface area contributed by atoms with Crippen LogP contribution in [0.4, 0.5) is 10.1 Å². The summed E-state index contributed by atoms with van der Waals surface area (Å²) in [5, 5.41) is 2.57. The maximum absolute atomic E-state index is 13.2. The van der Waals surface area contributed by atoms with Gasteiger partial charge in [0.15, 0.2) is 0 Å². The smallest absolute Gasteiger partial charge is 0.243 e. The van der Waals surface area contributed by atoms with E-state index < -0.39 is 17.6 Å². The van der Waals surface area contributed by atoms with E-state index in [1.165, 1.54) is 30.1 Å². The first kappa shape index (κ1) is 20.5. The summed E-state index contributed by atoms with van der Waals surface area (Å²) in [5.74, 6) is -1.69. The average molecular weight is 397 g/mol. The Morgan fingerprint density at radius 2 is 1.93 bits per heavy atom. The molecule has 3 rings (SSSR count). The van der Waals surface area contributed by atoms with Crippen molar-refractivity contribution >= 4 is 23.4 Å². The highest BCUT2D eigenvalue weighted by Crippen LogP contribution is 2.29. The van der Waals surface area contributed by atoms with Gasteiger partial charge < -0.3 is 15.1 Å². The molecule has 1 saturated heterocycles. The summed E-state index contributed by atoms with van der Waals surface area (Å²) in [6.07, 6.45) is 0.131. The topological polar surface area (TPSA) is 69.7 Å². The van der Waals surface area contributed by atoms with Gasteiger partial charge in [-0.15, -0.1) is 0 Å². The number of likely N-dealkylation sites (N-methyl/N-ethyl adjacent to an activating group) is 1. The Hall–Kier alpha value is -3.22. The molecule has 1 heterocycles. The highest BCUT2D eigenvalue weighted by atomic mass is 19.1. The van der Waals surface area contributed by atoms with E-state index in [0.717, 1.165) is 5.56 Å². The number of carbonyl (C=O) groups is 3. The van der Waals surface area contributed by atoms with Crippen molar-refractivity contribution in [2.45, 2.75) is 19.4 Å². The molecule has 0 aliphatic carbocycles. The lowest BCUT2D eigenvalue weighted by Crippen LogP contribution is -2.39. The summed E-state index contributed by atoms with van der Waals surface area (Å²) >= 11 is 0. The zero-order valence-electron chi connectivity index (χ0n) is 16.5. The van der Waals surface area contributed by atoms with Crippen molar-refractivity contribution in [3.8, 4) is 0 Å². The molecule has 7 heteroatoms. The Kier molecular flexibility index (Phi) is 6.26. The van der Waals surface area contributed by atoms with Crippen molar-refractivity contribution < 1.29 is 18.8 Å². The minimum atomic E-state index is -0.486. The predicted octanol–water partition coefficient (Wildman–Crippen LogP) is 2.83. The van der Waals surface area contributed by atoms with Crippen LogP contribution in [0.5, 0.6) is 0 Å². The molecule has 1 N–H and O–H groups in total. The second-order valence-electron chi connectivity index (χ2n) is 7.29. The molecule has 0 bridgehead atoms. The summed E-state index contributed by atoms with van der Waals surface area (Å²) in [5.41, 5.74) is 1.34. The number of halogens is 1. The summed E-state index contributed by atoms with van der Waals surface area (Å²) in [6, 6.07) is 15.1. The van der Waals surface area contributed by atoms with Crippen molar-refractivity contribution in [1.29, 1.82) is 0 Å². The number of carbonyl (C=O) groups excluding carboxylic acids is 3. The molecule has 152 valence electrons. The number of hydrogen-bond acceptors (Lipinski definition) is 3. The van der Waals surface area contributed by atoms with Crippen LogP contribution in [0.3, 0.4) is 0 Å². The van der Waals surface area contributed by atoms with E-state index in [1.807, 2.05) is 37.3 Å². The first-order chi connectivity index (χ1) is 13.8. The fourth-order valence-corrected chi connectivity index (χ4v) is 3.55. The van der Waals surface area contributed by atoms with Gasteiger partial charge in [0.2, 0.25) is 17.7 Å². The van der Waals surface area contributed by atoms with Crippen LogP contribution >= 0.6 is 0 Å². The van der Waals surface area contributed by atoms with Crippen LogP contribution in [0.1, 0.15) is 24.9 Å². The molecule has 0 radical (unpaired) electrons. The van der Waals surface area contributed by atoms with Crippen molar-refractivity contribution in [2.24, 2.45) is 5.92 Å². The first-order valence-electron chi connectivity index (χ1n) is 9.50. The summed E-state index contributed by atoms with van der Waals surface area (Å²) in [6.45, 7) is 2.09. The summed E-state index contributed by atoms with van der Waals surface area (Å²) in [4.78, 5) is 40.4. The van der Waals surface area contributed by atoms with E-state index in [-0.39, 0.29) is 30.8 Å². The number of benzene rings is 2. The second-order valence-corrected chi connectivity index (χ2v) is 7.29. The zero-order valence-corrected chi connectivity index (χ0v) is 16.5. The SMILES string of the molecule is C[C@@H](c1ccccc1)N1C[C@H](C(=O)N(C)CC(=O)Nc2cccc(F)c2)CC1=O. The lowest BCUT2D eigenvalue weighted by molar-refractivity contribution is -0.137. The summed E-state index contributed by atoms with van der Waals surface area (Å²) in [7, 11) is 1.53. The summed E-state index contributed by atoms with van der Waals surface area (Å²) < 4.78 is 13.2. The number of anilines is 1. The molecule has 0 aromatic heterocycles. The molecular formula is C22H24FN3O3. The van der Waals surface area contributed by atoms with E-state index in [0.29, 0.717) is 12.2 Å². The zero-order chi connectivity index (χ0) is 21.0. The molecule has 1 fully saturated rings. The van der Waals surface area contributed by atoms with Gasteiger partial charge in [-0.05, 0) is 30.7 Å². The Balaban J connectivity index is 1.57. The van der Waals surface area contributed by atoms with E-state index >= 15 is 0 Å². The van der Waals surface area contributed by atoms with E-state index in [1.54, 1.807) is 11.0 Å². The minimum absolute atomic E-state index is 0.0719. The standard InChI is InChI=1S/C22H24FN3O3/c1-15(16-7-4-3-5-8-16)26-13-17(11-21(26)28)22(29)25(2)14-20(27)24-19-10-6-9-18(23)12-19/h3-10,12,15,17H,11,13-14H2,1-2H3,(H,24,27)/t15-,17+/m0/s1. The van der Waals surface area contributed by atoms with Crippen LogP contribution in [0.15, 0.2) is 54.6 Å². The van der Waals surface area contributed by atoms with Crippen molar-refractivity contribution in [3.63, 3.8) is 0 Å². The van der Waals surface area contributed by atoms with Crippen molar-refractivity contribution in [1.82, 2.24) is 9.80 Å². The molecule has 2 aromatic rings. The van der Waals surface area contributed by atoms with E-state index in [9.17, 15) is 18.8 Å². The fraction of sp³-hybridized carbons (Fsp3) is 0.318. The highest BCUT2D eigenvalue weighted by molar-refractivity contribution is 5.96. The number of hydrogen-bond donors (Lipinski definition) is 1. The van der Waals surface area contributed by atoms with Crippen molar-refractivity contribution in [2.75, 3.05) is 25.5 Å². The van der Waals surface area contributed by atoms with E-state index in [4.69, 9.17) is 0 Å². The first-order valence-corrected chi connectivity index (χ1v) is 9.50. The quantitative estimate of drug-likeness (QED) is 0.815. The molecule has 0 saturated carbocycles. The molecule has 0 spiro atoms. The van der Waals surface area contributed by atoms with Crippen LogP contribution in [0.25, 0.3) is 0 Å². The number of likely N-dealkylation sites (tertiary alicyclic amines) is 1. The molecule has 2 aromatic carbocycles. The van der Waals surface area contributed by atoms with Crippen LogP contribution in [0, 0.1) is 11.7 Å². The largest absolute Gasteiger partial charge is 0.336 e. The van der Waals surface area contributed by atoms with Crippen LogP contribution in [-0.2, 0) is 14.4 Å². The van der Waals surface area contributed by atoms with Gasteiger partial charge in [-0.25, -0.2) is 4.39 Å². The molecule has 3 amide bonds. The molecule has 0 unspecified atom stereocenters. The van der Waals surface area contributed by atoms with Gasteiger partial charge in [0.05, 0.1) is 18.5 Å². The Morgan fingerprint density at radius 3 is 2.62 bits per heavy atom. The molecular weight excluding hydrogens is 373 g/mol. The lowest BCUT2D eigenvalue weighted by Gasteiger charge is -2.26. The molecule has 1 aliphatic rings. The van der Waals surface area contributed by atoms with E-state index in [2.05, 4.69) is 5.32 Å². The van der Waals surface area contributed by atoms with Gasteiger partial charge in [0.25, 0.3) is 0 Å². The average Bonchev–Trinajstić information content (AvgIpc) is 3.09. The molecule has 2 atom stereocenters. The van der Waals surface area contributed by atoms with Crippen molar-refractivity contribution in [3.05, 3.63) is 66.0 Å². The number of nitrogens with one attached hydrogen (secondary N) is 1. The Labute approximate surface area is 169 Å². The molecule has 6 nitrogen and oxygen atoms in total. The third-order valence-corrected chi connectivity index (χ3v) is 5.12. The van der Waals surface area contributed by atoms with Crippen LogP contribution < -0.4 is 5.32 Å². The van der Waals surface area contributed by atoms with Gasteiger partial charge in [-0.2, -0.15) is 0 Å². The van der Waals surface area contributed by atoms with Crippen LogP contribution in [0.2, 0.25) is 0 Å². The van der Waals surface area contributed by atoms with Gasteiger partial charge in [-0.3, -0.25) is 14.4 Å². The second kappa shape index (κ2) is 8.86. The third kappa shape index (κ3) is 4.99. The van der Waals surface area contributed by atoms with Gasteiger partial charge in [0.1, 0.15) is 5.82 Å². The van der Waals surface area contributed by atoms with Gasteiger partial charge >= 0.3 is 0 Å². The van der Waals surface area contributed by atoms with Gasteiger partial charge in [-0.1, -0.05) is 36.4 Å². The Bertz CT molecular complexity index is 903. The van der Waals surface area contributed by atoms with Gasteiger partial charge in [0, 0.05) is 25.7 Å². The molecule has 29 heavy (non-hydrogen) atoms. The number of amides is 3. The molecule has 1 aliphatic heterocycles. The fourth-order valence-electron chi connectivity index (χ4n) is 3.55. The monoisotopic (exact) mass is 397 g/mol. The number of nitrogens with zero attached hydrogens (tertiary/aromatic N) is 2. The normalized spacial score (nSPS) is 17.1. The lowest BCUT2D eigenvalue weighted by atomic mass is 10.1. The third-order valence-electron chi connectivity index (χ3n) is 5.12. The maximum atomic E-state index is 13.2. The Morgan fingerprint density at radius 1 is 1.21 bits per heavy atom. The number of rotatable bonds is 6. The predicted molar refractivity (Wildman–Crippen MR) is 107 cm³/mol. The maximum Gasteiger partial charge on any atom is 0.243 e. The van der Waals surface area contributed by atoms with Crippen LogP contribution in [-0.4, -0.2) is 47.7 Å². The minimum Gasteiger partial charge on any atom is -0.336 e. The highest BCUT2D eigenvalue weighted by Gasteiger charge is 2.38.